The number of aryl methyl sites for hydroxylation is 1. The summed E-state index contributed by atoms with van der Waals surface area (Å²) in [6.45, 7) is 4.47. The standard InChI is InChI=1S/C14H24N4/c1-11(15-10-12-6-3-2-4-7-12)14-17-16-13-8-5-9-18(13)14/h11-12,15H,2-10H2,1H3. The zero-order valence-corrected chi connectivity index (χ0v) is 11.4. The molecule has 1 fully saturated rings. The summed E-state index contributed by atoms with van der Waals surface area (Å²) < 4.78 is 2.30. The molecule has 1 aromatic heterocycles. The van der Waals surface area contributed by atoms with Gasteiger partial charge in [-0.2, -0.15) is 0 Å². The van der Waals surface area contributed by atoms with Gasteiger partial charge in [-0.3, -0.25) is 0 Å². The fourth-order valence-electron chi connectivity index (χ4n) is 3.32. The third-order valence-corrected chi connectivity index (χ3v) is 4.46. The van der Waals surface area contributed by atoms with Crippen molar-refractivity contribution < 1.29 is 0 Å². The molecule has 4 nitrogen and oxygen atoms in total. The van der Waals surface area contributed by atoms with Crippen LogP contribution in [0.5, 0.6) is 0 Å². The van der Waals surface area contributed by atoms with E-state index in [1.54, 1.807) is 0 Å². The first kappa shape index (κ1) is 12.2. The van der Waals surface area contributed by atoms with E-state index in [9.17, 15) is 0 Å². The van der Waals surface area contributed by atoms with Gasteiger partial charge in [-0.1, -0.05) is 19.3 Å². The van der Waals surface area contributed by atoms with Gasteiger partial charge in [-0.05, 0) is 38.6 Å². The molecule has 1 atom stereocenters. The van der Waals surface area contributed by atoms with Crippen LogP contribution in [-0.4, -0.2) is 21.3 Å². The highest BCUT2D eigenvalue weighted by Gasteiger charge is 2.22. The third-order valence-electron chi connectivity index (χ3n) is 4.46. The van der Waals surface area contributed by atoms with Crippen molar-refractivity contribution in [3.05, 3.63) is 11.6 Å². The number of hydrogen-bond acceptors (Lipinski definition) is 3. The molecule has 1 N–H and O–H groups in total. The molecule has 1 unspecified atom stereocenters. The molecule has 1 aliphatic heterocycles. The molecule has 0 amide bonds. The number of rotatable bonds is 4. The van der Waals surface area contributed by atoms with Crippen LogP contribution in [0.3, 0.4) is 0 Å². The lowest BCUT2D eigenvalue weighted by Crippen LogP contribution is -2.28. The first-order valence-electron chi connectivity index (χ1n) is 7.50. The van der Waals surface area contributed by atoms with Crippen LogP contribution in [0.25, 0.3) is 0 Å². The van der Waals surface area contributed by atoms with Gasteiger partial charge in [0.05, 0.1) is 6.04 Å². The summed E-state index contributed by atoms with van der Waals surface area (Å²) in [5.74, 6) is 3.19. The second-order valence-corrected chi connectivity index (χ2v) is 5.86. The number of fused-ring (bicyclic) bond motifs is 1. The zero-order valence-electron chi connectivity index (χ0n) is 11.4. The van der Waals surface area contributed by atoms with E-state index in [0.29, 0.717) is 6.04 Å². The van der Waals surface area contributed by atoms with Gasteiger partial charge < -0.3 is 9.88 Å². The van der Waals surface area contributed by atoms with Gasteiger partial charge in [0.1, 0.15) is 11.6 Å². The van der Waals surface area contributed by atoms with E-state index < -0.39 is 0 Å². The van der Waals surface area contributed by atoms with Crippen LogP contribution in [0.15, 0.2) is 0 Å². The molecule has 100 valence electrons. The van der Waals surface area contributed by atoms with Crippen LogP contribution in [-0.2, 0) is 13.0 Å². The van der Waals surface area contributed by atoms with Gasteiger partial charge in [0.25, 0.3) is 0 Å². The molecule has 0 bridgehead atoms. The van der Waals surface area contributed by atoms with Crippen molar-refractivity contribution in [2.24, 2.45) is 5.92 Å². The molecule has 1 saturated carbocycles. The Kier molecular flexibility index (Phi) is 3.64. The summed E-state index contributed by atoms with van der Waals surface area (Å²) in [5.41, 5.74) is 0. The van der Waals surface area contributed by atoms with Gasteiger partial charge in [0.2, 0.25) is 0 Å². The minimum atomic E-state index is 0.339. The average molecular weight is 248 g/mol. The maximum atomic E-state index is 4.35. The van der Waals surface area contributed by atoms with E-state index in [0.717, 1.165) is 31.3 Å². The molecule has 18 heavy (non-hydrogen) atoms. The van der Waals surface area contributed by atoms with Crippen molar-refractivity contribution in [1.29, 1.82) is 0 Å². The largest absolute Gasteiger partial charge is 0.314 e. The van der Waals surface area contributed by atoms with Crippen molar-refractivity contribution in [1.82, 2.24) is 20.1 Å². The Morgan fingerprint density at radius 1 is 1.22 bits per heavy atom. The van der Waals surface area contributed by atoms with E-state index in [1.807, 2.05) is 0 Å². The van der Waals surface area contributed by atoms with Gasteiger partial charge in [0.15, 0.2) is 0 Å². The molecule has 4 heteroatoms. The SMILES string of the molecule is CC(NCC1CCCCC1)c1nnc2n1CCC2. The van der Waals surface area contributed by atoms with Gasteiger partial charge >= 0.3 is 0 Å². The first-order chi connectivity index (χ1) is 8.84. The molecule has 1 aromatic rings. The lowest BCUT2D eigenvalue weighted by molar-refractivity contribution is 0.327. The van der Waals surface area contributed by atoms with E-state index in [-0.39, 0.29) is 0 Å². The summed E-state index contributed by atoms with van der Waals surface area (Å²) in [5, 5.41) is 12.3. The predicted molar refractivity (Wildman–Crippen MR) is 71.3 cm³/mol. The van der Waals surface area contributed by atoms with Crippen molar-refractivity contribution in [3.8, 4) is 0 Å². The van der Waals surface area contributed by atoms with Crippen LogP contribution in [0, 0.1) is 5.92 Å². The van der Waals surface area contributed by atoms with E-state index in [2.05, 4.69) is 27.0 Å². The lowest BCUT2D eigenvalue weighted by atomic mass is 9.89. The summed E-state index contributed by atoms with van der Waals surface area (Å²) in [7, 11) is 0. The van der Waals surface area contributed by atoms with E-state index in [1.165, 1.54) is 44.3 Å². The maximum Gasteiger partial charge on any atom is 0.149 e. The van der Waals surface area contributed by atoms with Crippen LogP contribution < -0.4 is 5.32 Å². The molecular weight excluding hydrogens is 224 g/mol. The fourth-order valence-corrected chi connectivity index (χ4v) is 3.32. The summed E-state index contributed by atoms with van der Waals surface area (Å²) in [4.78, 5) is 0. The molecule has 0 radical (unpaired) electrons. The highest BCUT2D eigenvalue weighted by molar-refractivity contribution is 5.04. The van der Waals surface area contributed by atoms with Gasteiger partial charge in [0, 0.05) is 13.0 Å². The number of nitrogens with zero attached hydrogens (tertiary/aromatic N) is 3. The molecule has 2 heterocycles. The normalized spacial score (nSPS) is 22.1. The Bertz CT molecular complexity index is 392. The van der Waals surface area contributed by atoms with Crippen LogP contribution in [0.4, 0.5) is 0 Å². The monoisotopic (exact) mass is 248 g/mol. The van der Waals surface area contributed by atoms with Gasteiger partial charge in [-0.15, -0.1) is 10.2 Å². The number of aromatic nitrogens is 3. The van der Waals surface area contributed by atoms with Crippen molar-refractivity contribution in [2.45, 2.75) is 64.5 Å². The smallest absolute Gasteiger partial charge is 0.149 e. The Balaban J connectivity index is 1.55. The Morgan fingerprint density at radius 3 is 2.89 bits per heavy atom. The van der Waals surface area contributed by atoms with E-state index in [4.69, 9.17) is 0 Å². The highest BCUT2D eigenvalue weighted by Crippen LogP contribution is 2.24. The van der Waals surface area contributed by atoms with Crippen molar-refractivity contribution in [2.75, 3.05) is 6.54 Å². The van der Waals surface area contributed by atoms with Crippen LogP contribution in [0.2, 0.25) is 0 Å². The van der Waals surface area contributed by atoms with E-state index >= 15 is 0 Å². The average Bonchev–Trinajstić information content (AvgIpc) is 2.99. The molecule has 0 saturated heterocycles. The van der Waals surface area contributed by atoms with Gasteiger partial charge in [-0.25, -0.2) is 0 Å². The molecule has 2 aliphatic rings. The van der Waals surface area contributed by atoms with Crippen LogP contribution >= 0.6 is 0 Å². The lowest BCUT2D eigenvalue weighted by Gasteiger charge is -2.23. The van der Waals surface area contributed by atoms with Crippen molar-refractivity contribution >= 4 is 0 Å². The summed E-state index contributed by atoms with van der Waals surface area (Å²) in [6, 6.07) is 0.339. The third kappa shape index (κ3) is 2.44. The molecule has 3 rings (SSSR count). The minimum absolute atomic E-state index is 0.339. The van der Waals surface area contributed by atoms with Crippen molar-refractivity contribution in [3.63, 3.8) is 0 Å². The Labute approximate surface area is 109 Å². The minimum Gasteiger partial charge on any atom is -0.314 e. The second-order valence-electron chi connectivity index (χ2n) is 5.86. The molecule has 0 spiro atoms. The number of nitrogens with one attached hydrogen (secondary N) is 1. The second kappa shape index (κ2) is 5.39. The maximum absolute atomic E-state index is 4.35. The molecule has 1 aliphatic carbocycles. The Morgan fingerprint density at radius 2 is 2.06 bits per heavy atom. The first-order valence-corrected chi connectivity index (χ1v) is 7.50. The molecule has 0 aromatic carbocycles. The Hall–Kier alpha value is -0.900. The zero-order chi connectivity index (χ0) is 12.4. The fraction of sp³-hybridized carbons (Fsp3) is 0.857. The highest BCUT2D eigenvalue weighted by atomic mass is 15.3. The topological polar surface area (TPSA) is 42.7 Å². The van der Waals surface area contributed by atoms with Crippen LogP contribution in [0.1, 0.15) is 63.1 Å². The summed E-state index contributed by atoms with van der Waals surface area (Å²) in [6.07, 6.45) is 9.40. The summed E-state index contributed by atoms with van der Waals surface area (Å²) >= 11 is 0. The predicted octanol–water partition coefficient (Wildman–Crippen LogP) is 2.46. The quantitative estimate of drug-likeness (QED) is 0.890. The number of hydrogen-bond donors (Lipinski definition) is 1. The molecular formula is C14H24N4.